The molecule has 2 aliphatic rings. The summed E-state index contributed by atoms with van der Waals surface area (Å²) in [6.07, 6.45) is 6.42. The maximum atomic E-state index is 6.86. The standard InChI is InChI=1S/C41H29NO2/c1-3-12-28(13-4-1)30-22-24-34-35-25-23-31(37-19-11-18-36(42-37)29-14-5-2-6-15-29)27-41(35)44-39-21-10-8-17-33(39)32-16-7-9-20-38(32)43-40(34)26-30/h1-27,36,42H. The van der Waals surface area contributed by atoms with Gasteiger partial charge in [0.2, 0.25) is 0 Å². The molecular formula is C41H29NO2. The minimum Gasteiger partial charge on any atom is -0.456 e. The molecule has 2 heterocycles. The largest absolute Gasteiger partial charge is 0.456 e. The highest BCUT2D eigenvalue weighted by Gasteiger charge is 2.22. The predicted octanol–water partition coefficient (Wildman–Crippen LogP) is 10.8. The zero-order valence-corrected chi connectivity index (χ0v) is 24.0. The number of rotatable bonds is 3. The number of para-hydroxylation sites is 2. The molecule has 1 unspecified atom stereocenters. The molecule has 0 aliphatic carbocycles. The molecule has 3 heteroatoms. The third kappa shape index (κ3) is 4.85. The summed E-state index contributed by atoms with van der Waals surface area (Å²) in [4.78, 5) is 0. The molecule has 0 amide bonds. The number of benzene rings is 6. The van der Waals surface area contributed by atoms with Crippen molar-refractivity contribution in [1.82, 2.24) is 5.32 Å². The van der Waals surface area contributed by atoms with Crippen LogP contribution >= 0.6 is 0 Å². The third-order valence-corrected chi connectivity index (χ3v) is 8.21. The van der Waals surface area contributed by atoms with Crippen LogP contribution in [-0.2, 0) is 0 Å². The second-order valence-electron chi connectivity index (χ2n) is 11.0. The molecule has 44 heavy (non-hydrogen) atoms. The van der Waals surface area contributed by atoms with Gasteiger partial charge in [-0.2, -0.15) is 0 Å². The van der Waals surface area contributed by atoms with E-state index in [9.17, 15) is 0 Å². The summed E-state index contributed by atoms with van der Waals surface area (Å²) in [7, 11) is 0. The van der Waals surface area contributed by atoms with Gasteiger partial charge in [-0.3, -0.25) is 0 Å². The summed E-state index contributed by atoms with van der Waals surface area (Å²) in [5, 5.41) is 3.71. The van der Waals surface area contributed by atoms with Crippen LogP contribution in [0.25, 0.3) is 39.1 Å². The molecular weight excluding hydrogens is 538 g/mol. The van der Waals surface area contributed by atoms with Gasteiger partial charge in [0.05, 0.1) is 6.04 Å². The van der Waals surface area contributed by atoms with Crippen LogP contribution in [0.3, 0.4) is 0 Å². The van der Waals surface area contributed by atoms with Crippen LogP contribution in [0, 0.1) is 0 Å². The molecule has 0 fully saturated rings. The first-order chi connectivity index (χ1) is 21.8. The van der Waals surface area contributed by atoms with Crippen LogP contribution in [0.5, 0.6) is 23.0 Å². The molecule has 0 spiro atoms. The monoisotopic (exact) mass is 567 g/mol. The summed E-state index contributed by atoms with van der Waals surface area (Å²) in [5.41, 5.74) is 9.42. The Hall–Kier alpha value is -5.80. The highest BCUT2D eigenvalue weighted by atomic mass is 16.5. The van der Waals surface area contributed by atoms with E-state index in [1.807, 2.05) is 48.5 Å². The van der Waals surface area contributed by atoms with E-state index >= 15 is 0 Å². The van der Waals surface area contributed by atoms with Crippen molar-refractivity contribution in [3.63, 3.8) is 0 Å². The second kappa shape index (κ2) is 11.1. The van der Waals surface area contributed by atoms with Crippen LogP contribution in [0.1, 0.15) is 17.2 Å². The van der Waals surface area contributed by atoms with E-state index in [2.05, 4.69) is 121 Å². The first-order valence-electron chi connectivity index (χ1n) is 14.9. The molecule has 2 aliphatic heterocycles. The molecule has 0 radical (unpaired) electrons. The van der Waals surface area contributed by atoms with Gasteiger partial charge in [0.25, 0.3) is 0 Å². The second-order valence-corrected chi connectivity index (χ2v) is 11.0. The van der Waals surface area contributed by atoms with Crippen LogP contribution < -0.4 is 14.8 Å². The van der Waals surface area contributed by atoms with E-state index in [-0.39, 0.29) is 6.04 Å². The molecule has 1 atom stereocenters. The molecule has 6 aromatic rings. The van der Waals surface area contributed by atoms with Crippen LogP contribution in [0.4, 0.5) is 0 Å². The number of ether oxygens (including phenoxy) is 2. The summed E-state index contributed by atoms with van der Waals surface area (Å²) in [6, 6.07) is 50.2. The molecule has 6 aromatic carbocycles. The number of dihydropyridines is 1. The van der Waals surface area contributed by atoms with Crippen LogP contribution in [0.15, 0.2) is 164 Å². The van der Waals surface area contributed by atoms with Gasteiger partial charge in [-0.1, -0.05) is 121 Å². The van der Waals surface area contributed by atoms with Gasteiger partial charge in [0.1, 0.15) is 23.0 Å². The highest BCUT2D eigenvalue weighted by Crippen LogP contribution is 2.48. The fourth-order valence-electron chi connectivity index (χ4n) is 5.99. The maximum absolute atomic E-state index is 6.86. The number of hydrogen-bond acceptors (Lipinski definition) is 3. The quantitative estimate of drug-likeness (QED) is 0.230. The van der Waals surface area contributed by atoms with Crippen molar-refractivity contribution >= 4 is 5.70 Å². The Morgan fingerprint density at radius 3 is 1.61 bits per heavy atom. The molecule has 1 N–H and O–H groups in total. The molecule has 0 saturated carbocycles. The molecule has 210 valence electrons. The van der Waals surface area contributed by atoms with Gasteiger partial charge in [-0.15, -0.1) is 0 Å². The van der Waals surface area contributed by atoms with E-state index in [0.717, 1.165) is 67.6 Å². The fraction of sp³-hybridized carbons (Fsp3) is 0.0244. The van der Waals surface area contributed by atoms with Gasteiger partial charge in [0.15, 0.2) is 0 Å². The normalized spacial score (nSPS) is 14.7. The molecule has 0 aromatic heterocycles. The van der Waals surface area contributed by atoms with Gasteiger partial charge in [-0.25, -0.2) is 0 Å². The number of fused-ring (bicyclic) bond motifs is 6. The average Bonchev–Trinajstić information content (AvgIpc) is 3.10. The lowest BCUT2D eigenvalue weighted by atomic mass is 9.95. The summed E-state index contributed by atoms with van der Waals surface area (Å²) >= 11 is 0. The van der Waals surface area contributed by atoms with Gasteiger partial charge >= 0.3 is 0 Å². The highest BCUT2D eigenvalue weighted by molar-refractivity contribution is 5.85. The summed E-state index contributed by atoms with van der Waals surface area (Å²) in [6.45, 7) is 0. The Kier molecular flexibility index (Phi) is 6.54. The van der Waals surface area contributed by atoms with Crippen molar-refractivity contribution < 1.29 is 9.47 Å². The molecule has 8 rings (SSSR count). The third-order valence-electron chi connectivity index (χ3n) is 8.21. The Morgan fingerprint density at radius 1 is 0.432 bits per heavy atom. The summed E-state index contributed by atoms with van der Waals surface area (Å²) in [5.74, 6) is 3.10. The Bertz CT molecular complexity index is 2040. The number of nitrogens with one attached hydrogen (secondary N) is 1. The van der Waals surface area contributed by atoms with Crippen molar-refractivity contribution in [1.29, 1.82) is 0 Å². The minimum absolute atomic E-state index is 0.0913. The first-order valence-corrected chi connectivity index (χ1v) is 14.9. The van der Waals surface area contributed by atoms with Gasteiger partial charge < -0.3 is 14.8 Å². The van der Waals surface area contributed by atoms with E-state index in [1.165, 1.54) is 5.56 Å². The van der Waals surface area contributed by atoms with Crippen molar-refractivity contribution in [3.8, 4) is 56.4 Å². The van der Waals surface area contributed by atoms with E-state index in [4.69, 9.17) is 9.47 Å². The minimum atomic E-state index is 0.0913. The molecule has 0 saturated heterocycles. The van der Waals surface area contributed by atoms with E-state index in [0.29, 0.717) is 0 Å². The van der Waals surface area contributed by atoms with Crippen molar-refractivity contribution in [2.24, 2.45) is 0 Å². The summed E-state index contributed by atoms with van der Waals surface area (Å²) < 4.78 is 13.7. The maximum Gasteiger partial charge on any atom is 0.136 e. The van der Waals surface area contributed by atoms with Crippen molar-refractivity contribution in [2.75, 3.05) is 0 Å². The van der Waals surface area contributed by atoms with E-state index in [1.54, 1.807) is 0 Å². The van der Waals surface area contributed by atoms with Crippen molar-refractivity contribution in [3.05, 3.63) is 175 Å². The van der Waals surface area contributed by atoms with Gasteiger partial charge in [0, 0.05) is 33.5 Å². The lowest BCUT2D eigenvalue weighted by molar-refractivity contribution is 0.472. The number of allylic oxidation sites excluding steroid dienone is 2. The molecule has 0 bridgehead atoms. The Balaban J connectivity index is 1.28. The average molecular weight is 568 g/mol. The zero-order chi connectivity index (χ0) is 29.3. The van der Waals surface area contributed by atoms with Gasteiger partial charge in [-0.05, 0) is 59.2 Å². The molecule has 3 nitrogen and oxygen atoms in total. The van der Waals surface area contributed by atoms with E-state index < -0.39 is 0 Å². The Morgan fingerprint density at radius 2 is 0.955 bits per heavy atom. The van der Waals surface area contributed by atoms with Crippen LogP contribution in [0.2, 0.25) is 0 Å². The fourth-order valence-corrected chi connectivity index (χ4v) is 5.99. The van der Waals surface area contributed by atoms with Crippen LogP contribution in [-0.4, -0.2) is 0 Å². The lowest BCUT2D eigenvalue weighted by Gasteiger charge is -2.24. The first kappa shape index (κ1) is 25.9. The Labute approximate surface area is 257 Å². The topological polar surface area (TPSA) is 30.5 Å². The zero-order valence-electron chi connectivity index (χ0n) is 24.0. The predicted molar refractivity (Wildman–Crippen MR) is 179 cm³/mol. The smallest absolute Gasteiger partial charge is 0.136 e. The van der Waals surface area contributed by atoms with Crippen molar-refractivity contribution in [2.45, 2.75) is 6.04 Å². The SMILES string of the molecule is C1=CC(c2ccccc2)NC(c2ccc3c(c2)Oc2ccccc2-c2ccccc2Oc2cc(-c4ccccc4)ccc2-3)=C1. The lowest BCUT2D eigenvalue weighted by Crippen LogP contribution is -2.20. The number of hydrogen-bond donors (Lipinski definition) is 1.